The number of nitrogens with zero attached hydrogens (tertiary/aromatic N) is 2. The van der Waals surface area contributed by atoms with Gasteiger partial charge in [0, 0.05) is 12.7 Å². The van der Waals surface area contributed by atoms with Gasteiger partial charge in [-0.05, 0) is 17.7 Å². The standard InChI is InChI=1S/C13H13N3OS/c1-10(17)14-12-7-8-13(16-15-12)18-9-11-5-3-2-4-6-11/h2-8H,9H2,1H3,(H,14,15,17). The van der Waals surface area contributed by atoms with Crippen LogP contribution < -0.4 is 5.32 Å². The molecule has 1 N–H and O–H groups in total. The highest BCUT2D eigenvalue weighted by atomic mass is 32.2. The summed E-state index contributed by atoms with van der Waals surface area (Å²) in [5.41, 5.74) is 1.25. The molecule has 0 spiro atoms. The molecular weight excluding hydrogens is 246 g/mol. The number of carbonyl (C=O) groups is 1. The molecule has 4 nitrogen and oxygen atoms in total. The van der Waals surface area contributed by atoms with E-state index in [9.17, 15) is 4.79 Å². The molecule has 0 saturated heterocycles. The van der Waals surface area contributed by atoms with Crippen LogP contribution in [0.25, 0.3) is 0 Å². The summed E-state index contributed by atoms with van der Waals surface area (Å²) >= 11 is 1.61. The van der Waals surface area contributed by atoms with E-state index >= 15 is 0 Å². The van der Waals surface area contributed by atoms with Gasteiger partial charge in [-0.2, -0.15) is 0 Å². The summed E-state index contributed by atoms with van der Waals surface area (Å²) in [7, 11) is 0. The number of thioether (sulfide) groups is 1. The Bertz CT molecular complexity index is 514. The van der Waals surface area contributed by atoms with Gasteiger partial charge in [-0.1, -0.05) is 42.1 Å². The molecule has 0 fully saturated rings. The summed E-state index contributed by atoms with van der Waals surface area (Å²) < 4.78 is 0. The molecule has 0 aliphatic heterocycles. The van der Waals surface area contributed by atoms with Crippen molar-refractivity contribution in [3.05, 3.63) is 48.0 Å². The second-order valence-electron chi connectivity index (χ2n) is 3.71. The van der Waals surface area contributed by atoms with Gasteiger partial charge in [-0.25, -0.2) is 0 Å². The molecule has 92 valence electrons. The van der Waals surface area contributed by atoms with Gasteiger partial charge in [0.05, 0.1) is 0 Å². The topological polar surface area (TPSA) is 54.9 Å². The third-order valence-corrected chi connectivity index (χ3v) is 3.16. The third-order valence-electron chi connectivity index (χ3n) is 2.17. The predicted octanol–water partition coefficient (Wildman–Crippen LogP) is 2.73. The van der Waals surface area contributed by atoms with Crippen molar-refractivity contribution >= 4 is 23.5 Å². The molecule has 2 aromatic rings. The zero-order valence-electron chi connectivity index (χ0n) is 9.96. The van der Waals surface area contributed by atoms with Crippen LogP contribution >= 0.6 is 11.8 Å². The molecule has 1 aromatic carbocycles. The summed E-state index contributed by atoms with van der Waals surface area (Å²) in [4.78, 5) is 10.8. The van der Waals surface area contributed by atoms with Crippen molar-refractivity contribution in [1.82, 2.24) is 10.2 Å². The highest BCUT2D eigenvalue weighted by Gasteiger charge is 2.00. The largest absolute Gasteiger partial charge is 0.309 e. The summed E-state index contributed by atoms with van der Waals surface area (Å²) in [6, 6.07) is 13.8. The fourth-order valence-electron chi connectivity index (χ4n) is 1.38. The van der Waals surface area contributed by atoms with E-state index in [1.165, 1.54) is 12.5 Å². The first-order chi connectivity index (χ1) is 8.74. The van der Waals surface area contributed by atoms with Gasteiger partial charge in [0.2, 0.25) is 5.91 Å². The number of carbonyl (C=O) groups excluding carboxylic acids is 1. The number of benzene rings is 1. The summed E-state index contributed by atoms with van der Waals surface area (Å²) in [6.07, 6.45) is 0. The lowest BCUT2D eigenvalue weighted by molar-refractivity contribution is -0.114. The molecule has 1 heterocycles. The summed E-state index contributed by atoms with van der Waals surface area (Å²) in [5.74, 6) is 1.19. The van der Waals surface area contributed by atoms with E-state index in [2.05, 4.69) is 27.6 Å². The molecule has 0 atom stereocenters. The molecule has 0 aliphatic carbocycles. The summed E-state index contributed by atoms with van der Waals surface area (Å²) in [5, 5.41) is 11.4. The minimum atomic E-state index is -0.144. The van der Waals surface area contributed by atoms with Crippen LogP contribution in [-0.2, 0) is 10.5 Å². The molecule has 5 heteroatoms. The molecule has 18 heavy (non-hydrogen) atoms. The van der Waals surface area contributed by atoms with Crippen molar-refractivity contribution in [1.29, 1.82) is 0 Å². The molecule has 1 amide bonds. The van der Waals surface area contributed by atoms with E-state index in [4.69, 9.17) is 0 Å². The number of hydrogen-bond donors (Lipinski definition) is 1. The minimum absolute atomic E-state index is 0.144. The van der Waals surface area contributed by atoms with Crippen molar-refractivity contribution in [2.24, 2.45) is 0 Å². The number of rotatable bonds is 4. The van der Waals surface area contributed by atoms with Crippen LogP contribution in [0.15, 0.2) is 47.5 Å². The average Bonchev–Trinajstić information content (AvgIpc) is 2.38. The van der Waals surface area contributed by atoms with Crippen LogP contribution in [-0.4, -0.2) is 16.1 Å². The third kappa shape index (κ3) is 3.85. The maximum atomic E-state index is 10.8. The maximum absolute atomic E-state index is 10.8. The Labute approximate surface area is 110 Å². The van der Waals surface area contributed by atoms with Gasteiger partial charge < -0.3 is 5.32 Å². The molecule has 2 rings (SSSR count). The monoisotopic (exact) mass is 259 g/mol. The zero-order chi connectivity index (χ0) is 12.8. The second kappa shape index (κ2) is 6.16. The van der Waals surface area contributed by atoms with Crippen LogP contribution in [0.2, 0.25) is 0 Å². The lowest BCUT2D eigenvalue weighted by Gasteiger charge is -2.02. The van der Waals surface area contributed by atoms with E-state index < -0.39 is 0 Å². The van der Waals surface area contributed by atoms with Gasteiger partial charge in [0.25, 0.3) is 0 Å². The average molecular weight is 259 g/mol. The number of amides is 1. The Morgan fingerprint density at radius 2 is 1.94 bits per heavy atom. The van der Waals surface area contributed by atoms with Crippen LogP contribution in [0.4, 0.5) is 5.82 Å². The number of nitrogens with one attached hydrogen (secondary N) is 1. The first-order valence-corrected chi connectivity index (χ1v) is 6.50. The molecule has 0 bridgehead atoms. The van der Waals surface area contributed by atoms with E-state index in [0.717, 1.165) is 10.8 Å². The summed E-state index contributed by atoms with van der Waals surface area (Å²) in [6.45, 7) is 1.44. The van der Waals surface area contributed by atoms with Crippen LogP contribution in [0.1, 0.15) is 12.5 Å². The fraction of sp³-hybridized carbons (Fsp3) is 0.154. The lowest BCUT2D eigenvalue weighted by atomic mass is 10.2. The van der Waals surface area contributed by atoms with Crippen molar-refractivity contribution in [2.45, 2.75) is 17.7 Å². The van der Waals surface area contributed by atoms with E-state index in [1.54, 1.807) is 17.8 Å². The lowest BCUT2D eigenvalue weighted by Crippen LogP contribution is -2.07. The molecule has 0 saturated carbocycles. The first kappa shape index (κ1) is 12.6. The van der Waals surface area contributed by atoms with Gasteiger partial charge >= 0.3 is 0 Å². The number of anilines is 1. The quantitative estimate of drug-likeness (QED) is 0.858. The van der Waals surface area contributed by atoms with Crippen molar-refractivity contribution in [3.63, 3.8) is 0 Å². The number of aromatic nitrogens is 2. The maximum Gasteiger partial charge on any atom is 0.222 e. The van der Waals surface area contributed by atoms with E-state index in [-0.39, 0.29) is 5.91 Å². The molecule has 0 radical (unpaired) electrons. The Morgan fingerprint density at radius 3 is 2.56 bits per heavy atom. The first-order valence-electron chi connectivity index (χ1n) is 5.52. The number of hydrogen-bond acceptors (Lipinski definition) is 4. The molecule has 0 aliphatic rings. The van der Waals surface area contributed by atoms with Crippen molar-refractivity contribution < 1.29 is 4.79 Å². The van der Waals surface area contributed by atoms with E-state index in [0.29, 0.717) is 5.82 Å². The van der Waals surface area contributed by atoms with E-state index in [1.807, 2.05) is 24.3 Å². The van der Waals surface area contributed by atoms with Crippen LogP contribution in [0, 0.1) is 0 Å². The molecular formula is C13H13N3OS. The molecule has 0 unspecified atom stereocenters. The Hall–Kier alpha value is -1.88. The smallest absolute Gasteiger partial charge is 0.222 e. The van der Waals surface area contributed by atoms with Crippen molar-refractivity contribution in [2.75, 3.05) is 5.32 Å². The van der Waals surface area contributed by atoms with Crippen LogP contribution in [0.5, 0.6) is 0 Å². The SMILES string of the molecule is CC(=O)Nc1ccc(SCc2ccccc2)nn1. The highest BCUT2D eigenvalue weighted by molar-refractivity contribution is 7.98. The Balaban J connectivity index is 1.92. The Kier molecular flexibility index (Phi) is 4.30. The second-order valence-corrected chi connectivity index (χ2v) is 4.71. The van der Waals surface area contributed by atoms with Crippen LogP contribution in [0.3, 0.4) is 0 Å². The van der Waals surface area contributed by atoms with Crippen molar-refractivity contribution in [3.8, 4) is 0 Å². The minimum Gasteiger partial charge on any atom is -0.309 e. The van der Waals surface area contributed by atoms with Gasteiger partial charge in [0.15, 0.2) is 5.82 Å². The fourth-order valence-corrected chi connectivity index (χ4v) is 2.15. The zero-order valence-corrected chi connectivity index (χ0v) is 10.8. The van der Waals surface area contributed by atoms with Gasteiger partial charge in [-0.15, -0.1) is 10.2 Å². The normalized spacial score (nSPS) is 10.1. The van der Waals surface area contributed by atoms with Gasteiger partial charge in [0.1, 0.15) is 5.03 Å². The van der Waals surface area contributed by atoms with Gasteiger partial charge in [-0.3, -0.25) is 4.79 Å². The Morgan fingerprint density at radius 1 is 1.17 bits per heavy atom. The molecule has 1 aromatic heterocycles. The predicted molar refractivity (Wildman–Crippen MR) is 72.3 cm³/mol. The highest BCUT2D eigenvalue weighted by Crippen LogP contribution is 2.20.